The Bertz CT molecular complexity index is 567. The summed E-state index contributed by atoms with van der Waals surface area (Å²) in [5.41, 5.74) is 1.89. The van der Waals surface area contributed by atoms with E-state index >= 15 is 0 Å². The fourth-order valence-corrected chi connectivity index (χ4v) is 1.93. The molecule has 4 nitrogen and oxygen atoms in total. The van der Waals surface area contributed by atoms with E-state index < -0.39 is 0 Å². The summed E-state index contributed by atoms with van der Waals surface area (Å²) < 4.78 is 11.1. The lowest BCUT2D eigenvalue weighted by Crippen LogP contribution is -2.04. The maximum atomic E-state index is 8.68. The number of nitrogens with zero attached hydrogens (tertiary/aromatic N) is 1. The average molecular weight is 271 g/mol. The van der Waals surface area contributed by atoms with Crippen molar-refractivity contribution < 1.29 is 14.7 Å². The van der Waals surface area contributed by atoms with Gasteiger partial charge in [-0.1, -0.05) is 41.6 Å². The molecule has 2 aromatic carbocycles. The lowest BCUT2D eigenvalue weighted by atomic mass is 10.1. The van der Waals surface area contributed by atoms with E-state index in [4.69, 9.17) is 14.7 Å². The third kappa shape index (κ3) is 3.51. The lowest BCUT2D eigenvalue weighted by Gasteiger charge is -2.12. The third-order valence-corrected chi connectivity index (χ3v) is 2.91. The van der Waals surface area contributed by atoms with Crippen molar-refractivity contribution in [3.8, 4) is 11.5 Å². The first-order chi connectivity index (χ1) is 9.85. The summed E-state index contributed by atoms with van der Waals surface area (Å²) in [6.45, 7) is 0.524. The molecule has 0 saturated carbocycles. The van der Waals surface area contributed by atoms with Crippen LogP contribution < -0.4 is 9.47 Å². The van der Waals surface area contributed by atoms with Crippen LogP contribution in [0.3, 0.4) is 0 Å². The quantitative estimate of drug-likeness (QED) is 0.499. The molecule has 0 bridgehead atoms. The molecule has 0 fully saturated rings. The highest BCUT2D eigenvalue weighted by Gasteiger charge is 2.09. The van der Waals surface area contributed by atoms with E-state index in [2.05, 4.69) is 17.3 Å². The van der Waals surface area contributed by atoms with E-state index in [1.807, 2.05) is 30.3 Å². The molecule has 1 N–H and O–H groups in total. The van der Waals surface area contributed by atoms with E-state index in [9.17, 15) is 0 Å². The molecule has 2 rings (SSSR count). The summed E-state index contributed by atoms with van der Waals surface area (Å²) in [7, 11) is 1.58. The van der Waals surface area contributed by atoms with Crippen molar-refractivity contribution in [1.82, 2.24) is 0 Å². The molecule has 20 heavy (non-hydrogen) atoms. The van der Waals surface area contributed by atoms with E-state index in [1.54, 1.807) is 13.2 Å². The van der Waals surface area contributed by atoms with Gasteiger partial charge in [0.2, 0.25) is 0 Å². The smallest absolute Gasteiger partial charge is 0.170 e. The fraction of sp³-hybridized carbons (Fsp3) is 0.188. The number of methoxy groups -OCH3 is 1. The molecular weight excluding hydrogens is 254 g/mol. The van der Waals surface area contributed by atoms with Gasteiger partial charge in [-0.2, -0.15) is 0 Å². The van der Waals surface area contributed by atoms with E-state index in [0.29, 0.717) is 23.7 Å². The van der Waals surface area contributed by atoms with Crippen LogP contribution in [0.2, 0.25) is 0 Å². The highest BCUT2D eigenvalue weighted by Crippen LogP contribution is 2.30. The summed E-state index contributed by atoms with van der Waals surface area (Å²) >= 11 is 0. The first kappa shape index (κ1) is 13.9. The zero-order valence-corrected chi connectivity index (χ0v) is 11.3. The highest BCUT2D eigenvalue weighted by atomic mass is 16.5. The summed E-state index contributed by atoms with van der Waals surface area (Å²) in [6.07, 6.45) is 2.13. The predicted molar refractivity (Wildman–Crippen MR) is 78.0 cm³/mol. The molecule has 2 aromatic rings. The lowest BCUT2D eigenvalue weighted by molar-refractivity contribution is 0.296. The third-order valence-electron chi connectivity index (χ3n) is 2.91. The Morgan fingerprint density at radius 2 is 1.90 bits per heavy atom. The Balaban J connectivity index is 2.08. The number of ether oxygens (including phenoxy) is 2. The minimum atomic E-state index is 0.524. The van der Waals surface area contributed by atoms with Crippen LogP contribution in [0.1, 0.15) is 11.1 Å². The molecule has 0 aromatic heterocycles. The number of benzene rings is 2. The maximum absolute atomic E-state index is 8.68. The van der Waals surface area contributed by atoms with Crippen molar-refractivity contribution in [2.45, 2.75) is 6.42 Å². The SMILES string of the molecule is COc1cccc(C=NO)c1OCCc1ccccc1. The molecule has 0 atom stereocenters. The van der Waals surface area contributed by atoms with Crippen LogP contribution in [-0.2, 0) is 6.42 Å². The van der Waals surface area contributed by atoms with Gasteiger partial charge in [0.05, 0.1) is 19.9 Å². The zero-order valence-electron chi connectivity index (χ0n) is 11.3. The van der Waals surface area contributed by atoms with Gasteiger partial charge >= 0.3 is 0 Å². The Morgan fingerprint density at radius 1 is 1.10 bits per heavy atom. The fourth-order valence-electron chi connectivity index (χ4n) is 1.93. The van der Waals surface area contributed by atoms with Crippen molar-refractivity contribution in [3.05, 3.63) is 59.7 Å². The van der Waals surface area contributed by atoms with Gasteiger partial charge in [0, 0.05) is 12.0 Å². The Hall–Kier alpha value is -2.49. The van der Waals surface area contributed by atoms with E-state index in [-0.39, 0.29) is 0 Å². The number of hydrogen-bond acceptors (Lipinski definition) is 4. The van der Waals surface area contributed by atoms with E-state index in [1.165, 1.54) is 11.8 Å². The standard InChI is InChI=1S/C16H17NO3/c1-19-15-9-5-8-14(12-17-18)16(15)20-11-10-13-6-3-2-4-7-13/h2-9,12,18H,10-11H2,1H3. The number of rotatable bonds is 6. The summed E-state index contributed by atoms with van der Waals surface area (Å²) in [6, 6.07) is 15.5. The first-order valence-corrected chi connectivity index (χ1v) is 6.36. The molecular formula is C16H17NO3. The minimum absolute atomic E-state index is 0.524. The van der Waals surface area contributed by atoms with Crippen LogP contribution in [0, 0.1) is 0 Å². The average Bonchev–Trinajstić information content (AvgIpc) is 2.50. The molecule has 0 saturated heterocycles. The number of hydrogen-bond donors (Lipinski definition) is 1. The Kier molecular flexibility index (Phi) is 5.00. The van der Waals surface area contributed by atoms with Crippen LogP contribution in [0.5, 0.6) is 11.5 Å². The topological polar surface area (TPSA) is 51.0 Å². The van der Waals surface area contributed by atoms with Crippen molar-refractivity contribution in [1.29, 1.82) is 0 Å². The Morgan fingerprint density at radius 3 is 2.60 bits per heavy atom. The molecule has 0 amide bonds. The van der Waals surface area contributed by atoms with Crippen molar-refractivity contribution >= 4 is 6.21 Å². The second-order valence-electron chi connectivity index (χ2n) is 4.21. The van der Waals surface area contributed by atoms with Crippen molar-refractivity contribution in [3.63, 3.8) is 0 Å². The van der Waals surface area contributed by atoms with Gasteiger partial charge in [-0.25, -0.2) is 0 Å². The molecule has 0 unspecified atom stereocenters. The normalized spacial score (nSPS) is 10.7. The predicted octanol–water partition coefficient (Wildman–Crippen LogP) is 3.12. The van der Waals surface area contributed by atoms with Gasteiger partial charge in [0.1, 0.15) is 0 Å². The maximum Gasteiger partial charge on any atom is 0.170 e. The molecule has 4 heteroatoms. The van der Waals surface area contributed by atoms with Gasteiger partial charge in [-0.05, 0) is 17.7 Å². The molecule has 104 valence electrons. The van der Waals surface area contributed by atoms with Crippen molar-refractivity contribution in [2.75, 3.05) is 13.7 Å². The molecule has 0 aliphatic heterocycles. The minimum Gasteiger partial charge on any atom is -0.493 e. The van der Waals surface area contributed by atoms with Crippen LogP contribution in [0.4, 0.5) is 0 Å². The number of oxime groups is 1. The number of para-hydroxylation sites is 1. The van der Waals surface area contributed by atoms with Crippen LogP contribution >= 0.6 is 0 Å². The van der Waals surface area contributed by atoms with Crippen LogP contribution in [-0.4, -0.2) is 25.1 Å². The molecule has 0 heterocycles. The zero-order chi connectivity index (χ0) is 14.2. The van der Waals surface area contributed by atoms with Gasteiger partial charge in [-0.15, -0.1) is 0 Å². The molecule has 0 spiro atoms. The molecule has 0 radical (unpaired) electrons. The summed E-state index contributed by atoms with van der Waals surface area (Å²) in [4.78, 5) is 0. The van der Waals surface area contributed by atoms with Crippen molar-refractivity contribution in [2.24, 2.45) is 5.16 Å². The summed E-state index contributed by atoms with van der Waals surface area (Å²) in [5, 5.41) is 11.7. The molecule has 0 aliphatic rings. The molecule has 0 aliphatic carbocycles. The monoisotopic (exact) mass is 271 g/mol. The summed E-state index contributed by atoms with van der Waals surface area (Å²) in [5.74, 6) is 1.21. The second kappa shape index (κ2) is 7.19. The highest BCUT2D eigenvalue weighted by molar-refractivity contribution is 5.84. The first-order valence-electron chi connectivity index (χ1n) is 6.36. The van der Waals surface area contributed by atoms with Crippen LogP contribution in [0.15, 0.2) is 53.7 Å². The van der Waals surface area contributed by atoms with Gasteiger partial charge < -0.3 is 14.7 Å². The van der Waals surface area contributed by atoms with Crippen LogP contribution in [0.25, 0.3) is 0 Å². The van der Waals surface area contributed by atoms with Gasteiger partial charge in [0.25, 0.3) is 0 Å². The second-order valence-corrected chi connectivity index (χ2v) is 4.21. The Labute approximate surface area is 118 Å². The van der Waals surface area contributed by atoms with Gasteiger partial charge in [0.15, 0.2) is 11.5 Å². The van der Waals surface area contributed by atoms with E-state index in [0.717, 1.165) is 6.42 Å². The van der Waals surface area contributed by atoms with Gasteiger partial charge in [-0.3, -0.25) is 0 Å². The largest absolute Gasteiger partial charge is 0.493 e.